The summed E-state index contributed by atoms with van der Waals surface area (Å²) in [6.07, 6.45) is 0. The summed E-state index contributed by atoms with van der Waals surface area (Å²) >= 11 is 0. The van der Waals surface area contributed by atoms with E-state index in [1.807, 2.05) is 0 Å². The molecule has 1 heterocycles. The summed E-state index contributed by atoms with van der Waals surface area (Å²) in [5, 5.41) is 20.2. The Morgan fingerprint density at radius 2 is 2.00 bits per heavy atom. The fourth-order valence-corrected chi connectivity index (χ4v) is 1.33. The Balaban J connectivity index is 2.81. The molecule has 6 nitrogen and oxygen atoms in total. The molecule has 1 aromatic heterocycles. The summed E-state index contributed by atoms with van der Waals surface area (Å²) in [5.74, 6) is 0. The molecule has 0 spiro atoms. The summed E-state index contributed by atoms with van der Waals surface area (Å²) in [6.45, 7) is 0. The SMILES string of the molecule is O=c1ccc2cc([N+](=O)[O-])ccc2n1O. The lowest BCUT2D eigenvalue weighted by molar-refractivity contribution is -0.384. The minimum Gasteiger partial charge on any atom is -0.425 e. The van der Waals surface area contributed by atoms with Gasteiger partial charge in [0.25, 0.3) is 11.2 Å². The van der Waals surface area contributed by atoms with Crippen molar-refractivity contribution in [3.8, 4) is 0 Å². The average molecular weight is 206 g/mol. The van der Waals surface area contributed by atoms with E-state index in [-0.39, 0.29) is 11.2 Å². The van der Waals surface area contributed by atoms with Crippen LogP contribution in [0.3, 0.4) is 0 Å². The van der Waals surface area contributed by atoms with Crippen molar-refractivity contribution in [3.05, 3.63) is 50.8 Å². The summed E-state index contributed by atoms with van der Waals surface area (Å²) in [6, 6.07) is 6.42. The number of nitro benzene ring substituents is 1. The van der Waals surface area contributed by atoms with Gasteiger partial charge in [-0.1, -0.05) is 0 Å². The quantitative estimate of drug-likeness (QED) is 0.430. The lowest BCUT2D eigenvalue weighted by Crippen LogP contribution is -2.16. The molecule has 0 aliphatic rings. The molecule has 0 atom stereocenters. The number of nitrogens with zero attached hydrogens (tertiary/aromatic N) is 2. The highest BCUT2D eigenvalue weighted by atomic mass is 16.6. The van der Waals surface area contributed by atoms with Gasteiger partial charge in [-0.3, -0.25) is 14.9 Å². The molecule has 6 heteroatoms. The van der Waals surface area contributed by atoms with Crippen LogP contribution in [-0.4, -0.2) is 14.9 Å². The highest BCUT2D eigenvalue weighted by molar-refractivity contribution is 5.81. The van der Waals surface area contributed by atoms with E-state index in [9.17, 15) is 20.1 Å². The average Bonchev–Trinajstić information content (AvgIpc) is 2.23. The van der Waals surface area contributed by atoms with Crippen molar-refractivity contribution in [2.45, 2.75) is 0 Å². The van der Waals surface area contributed by atoms with Crippen LogP contribution in [0.15, 0.2) is 35.1 Å². The molecule has 0 saturated carbocycles. The van der Waals surface area contributed by atoms with Gasteiger partial charge in [-0.05, 0) is 12.1 Å². The van der Waals surface area contributed by atoms with Gasteiger partial charge in [-0.25, -0.2) is 0 Å². The molecule has 0 unspecified atom stereocenters. The number of hydrogen-bond acceptors (Lipinski definition) is 4. The van der Waals surface area contributed by atoms with E-state index < -0.39 is 10.5 Å². The summed E-state index contributed by atoms with van der Waals surface area (Å²) < 4.78 is 0.457. The van der Waals surface area contributed by atoms with Crippen LogP contribution in [0, 0.1) is 10.1 Å². The third-order valence-corrected chi connectivity index (χ3v) is 2.06. The Hall–Kier alpha value is -2.37. The predicted octanol–water partition coefficient (Wildman–Crippen LogP) is 1.15. The van der Waals surface area contributed by atoms with Gasteiger partial charge < -0.3 is 5.21 Å². The van der Waals surface area contributed by atoms with Gasteiger partial charge in [0.05, 0.1) is 10.4 Å². The van der Waals surface area contributed by atoms with E-state index in [4.69, 9.17) is 0 Å². The Labute approximate surface area is 83.1 Å². The van der Waals surface area contributed by atoms with Crippen LogP contribution < -0.4 is 5.56 Å². The van der Waals surface area contributed by atoms with Crippen molar-refractivity contribution in [2.75, 3.05) is 0 Å². The first-order valence-electron chi connectivity index (χ1n) is 4.09. The largest absolute Gasteiger partial charge is 0.425 e. The van der Waals surface area contributed by atoms with E-state index in [0.717, 1.165) is 6.07 Å². The third-order valence-electron chi connectivity index (χ3n) is 2.06. The number of nitro groups is 1. The van der Waals surface area contributed by atoms with E-state index in [2.05, 4.69) is 0 Å². The van der Waals surface area contributed by atoms with Gasteiger partial charge in [-0.15, -0.1) is 4.73 Å². The zero-order valence-electron chi connectivity index (χ0n) is 7.45. The molecule has 1 N–H and O–H groups in total. The van der Waals surface area contributed by atoms with Crippen molar-refractivity contribution >= 4 is 16.6 Å². The normalized spacial score (nSPS) is 10.4. The first-order chi connectivity index (χ1) is 7.09. The molecule has 0 aliphatic heterocycles. The lowest BCUT2D eigenvalue weighted by atomic mass is 10.2. The maximum Gasteiger partial charge on any atom is 0.283 e. The maximum atomic E-state index is 11.0. The number of fused-ring (bicyclic) bond motifs is 1. The number of rotatable bonds is 1. The maximum absolute atomic E-state index is 11.0. The zero-order valence-corrected chi connectivity index (χ0v) is 7.45. The van der Waals surface area contributed by atoms with Gasteiger partial charge in [0, 0.05) is 23.6 Å². The third kappa shape index (κ3) is 1.41. The number of benzene rings is 1. The van der Waals surface area contributed by atoms with Crippen molar-refractivity contribution in [1.29, 1.82) is 0 Å². The topological polar surface area (TPSA) is 85.4 Å². The number of non-ortho nitro benzene ring substituents is 1. The molecule has 0 radical (unpaired) electrons. The molecule has 0 amide bonds. The molecular weight excluding hydrogens is 200 g/mol. The molecule has 0 fully saturated rings. The van der Waals surface area contributed by atoms with Crippen molar-refractivity contribution in [2.24, 2.45) is 0 Å². The first-order valence-corrected chi connectivity index (χ1v) is 4.09. The minimum absolute atomic E-state index is 0.0823. The zero-order chi connectivity index (χ0) is 11.0. The molecule has 1 aromatic carbocycles. The smallest absolute Gasteiger partial charge is 0.283 e. The Bertz CT molecular complexity index is 603. The summed E-state index contributed by atoms with van der Waals surface area (Å²) in [7, 11) is 0. The Kier molecular flexibility index (Phi) is 1.89. The molecule has 76 valence electrons. The molecule has 0 aliphatic carbocycles. The van der Waals surface area contributed by atoms with Crippen LogP contribution in [0.25, 0.3) is 10.9 Å². The summed E-state index contributed by atoms with van der Waals surface area (Å²) in [5.41, 5.74) is -0.411. The molecule has 2 rings (SSSR count). The lowest BCUT2D eigenvalue weighted by Gasteiger charge is -2.01. The van der Waals surface area contributed by atoms with E-state index in [1.165, 1.54) is 24.3 Å². The highest BCUT2D eigenvalue weighted by Crippen LogP contribution is 2.18. The fraction of sp³-hybridized carbons (Fsp3) is 0. The van der Waals surface area contributed by atoms with Crippen molar-refractivity contribution in [1.82, 2.24) is 4.73 Å². The molecule has 15 heavy (non-hydrogen) atoms. The van der Waals surface area contributed by atoms with Gasteiger partial charge >= 0.3 is 0 Å². The van der Waals surface area contributed by atoms with Crippen LogP contribution in [0.2, 0.25) is 0 Å². The first kappa shape index (κ1) is 9.20. The second kappa shape index (κ2) is 3.09. The molecule has 0 saturated heterocycles. The highest BCUT2D eigenvalue weighted by Gasteiger charge is 2.08. The van der Waals surface area contributed by atoms with Gasteiger partial charge in [0.1, 0.15) is 0 Å². The fourth-order valence-electron chi connectivity index (χ4n) is 1.33. The molecular formula is C9H6N2O4. The van der Waals surface area contributed by atoms with Gasteiger partial charge in [-0.2, -0.15) is 0 Å². The second-order valence-corrected chi connectivity index (χ2v) is 2.98. The number of hydrogen-bond donors (Lipinski definition) is 1. The Morgan fingerprint density at radius 1 is 1.27 bits per heavy atom. The summed E-state index contributed by atoms with van der Waals surface area (Å²) in [4.78, 5) is 21.0. The number of aromatic nitrogens is 1. The molecule has 2 aromatic rings. The van der Waals surface area contributed by atoms with Gasteiger partial charge in [0.2, 0.25) is 0 Å². The van der Waals surface area contributed by atoms with Crippen LogP contribution >= 0.6 is 0 Å². The second-order valence-electron chi connectivity index (χ2n) is 2.98. The van der Waals surface area contributed by atoms with Crippen LogP contribution in [0.1, 0.15) is 0 Å². The van der Waals surface area contributed by atoms with E-state index in [1.54, 1.807) is 0 Å². The van der Waals surface area contributed by atoms with Crippen LogP contribution in [0.5, 0.6) is 0 Å². The van der Waals surface area contributed by atoms with E-state index in [0.29, 0.717) is 10.1 Å². The van der Waals surface area contributed by atoms with Gasteiger partial charge in [0.15, 0.2) is 0 Å². The standard InChI is InChI=1S/C9H6N2O4/c12-9-4-1-6-5-7(11(14)15)2-3-8(6)10(9)13/h1-5,13H. The van der Waals surface area contributed by atoms with Crippen LogP contribution in [-0.2, 0) is 0 Å². The monoisotopic (exact) mass is 206 g/mol. The number of pyridine rings is 1. The van der Waals surface area contributed by atoms with E-state index >= 15 is 0 Å². The van der Waals surface area contributed by atoms with Crippen molar-refractivity contribution in [3.63, 3.8) is 0 Å². The van der Waals surface area contributed by atoms with Crippen LogP contribution in [0.4, 0.5) is 5.69 Å². The minimum atomic E-state index is -0.573. The molecule has 0 bridgehead atoms. The Morgan fingerprint density at radius 3 is 2.67 bits per heavy atom. The van der Waals surface area contributed by atoms with Crippen molar-refractivity contribution < 1.29 is 10.1 Å². The predicted molar refractivity (Wildman–Crippen MR) is 52.0 cm³/mol.